The molecular weight excluding hydrogens is 248 g/mol. The molecule has 0 saturated carbocycles. The van der Waals surface area contributed by atoms with Crippen molar-refractivity contribution < 1.29 is 19.5 Å². The van der Waals surface area contributed by atoms with Gasteiger partial charge in [-0.15, -0.1) is 0 Å². The van der Waals surface area contributed by atoms with E-state index in [1.165, 1.54) is 14.2 Å². The SMILES string of the molecule is CON(C)C(=O)C1(C(=O)O)CCN(C(C)(C)C)CC1. The highest BCUT2D eigenvalue weighted by Gasteiger charge is 2.50. The number of hydrogen-bond acceptors (Lipinski definition) is 4. The summed E-state index contributed by atoms with van der Waals surface area (Å²) in [6.07, 6.45) is 0.623. The van der Waals surface area contributed by atoms with Crippen molar-refractivity contribution in [3.8, 4) is 0 Å². The second-order valence-corrected chi connectivity index (χ2v) is 6.03. The Morgan fingerprint density at radius 1 is 1.26 bits per heavy atom. The largest absolute Gasteiger partial charge is 0.480 e. The number of nitrogens with zero attached hydrogens (tertiary/aromatic N) is 2. The molecule has 1 N–H and O–H groups in total. The van der Waals surface area contributed by atoms with Crippen LogP contribution in [0.3, 0.4) is 0 Å². The van der Waals surface area contributed by atoms with Crippen LogP contribution in [0, 0.1) is 5.41 Å². The van der Waals surface area contributed by atoms with E-state index in [1.54, 1.807) is 0 Å². The van der Waals surface area contributed by atoms with E-state index in [1.807, 2.05) is 0 Å². The molecule has 19 heavy (non-hydrogen) atoms. The van der Waals surface area contributed by atoms with Gasteiger partial charge < -0.3 is 5.11 Å². The third kappa shape index (κ3) is 3.06. The van der Waals surface area contributed by atoms with Gasteiger partial charge in [0.25, 0.3) is 5.91 Å². The molecule has 0 aliphatic carbocycles. The Hall–Kier alpha value is -1.14. The molecule has 6 heteroatoms. The van der Waals surface area contributed by atoms with E-state index < -0.39 is 17.3 Å². The Labute approximate surface area is 114 Å². The standard InChI is InChI=1S/C13H24N2O4/c1-12(2,3)15-8-6-13(7-9-15,11(17)18)10(16)14(4)19-5/h6-9H2,1-5H3,(H,17,18). The Kier molecular flexibility index (Phi) is 4.58. The number of carboxylic acid groups (broad SMARTS) is 1. The van der Waals surface area contributed by atoms with Crippen LogP contribution in [-0.2, 0) is 14.4 Å². The Morgan fingerprint density at radius 2 is 1.74 bits per heavy atom. The van der Waals surface area contributed by atoms with Crippen molar-refractivity contribution in [3.63, 3.8) is 0 Å². The molecule has 0 aromatic carbocycles. The average Bonchev–Trinajstić information content (AvgIpc) is 2.35. The maximum absolute atomic E-state index is 12.3. The first kappa shape index (κ1) is 15.9. The summed E-state index contributed by atoms with van der Waals surface area (Å²) in [5.74, 6) is -1.54. The molecule has 1 fully saturated rings. The quantitative estimate of drug-likeness (QED) is 0.612. The topological polar surface area (TPSA) is 70.1 Å². The zero-order valence-corrected chi connectivity index (χ0v) is 12.4. The molecule has 0 spiro atoms. The number of likely N-dealkylation sites (tertiary alicyclic amines) is 1. The fourth-order valence-electron chi connectivity index (χ4n) is 2.46. The van der Waals surface area contributed by atoms with E-state index in [0.717, 1.165) is 5.06 Å². The van der Waals surface area contributed by atoms with Gasteiger partial charge in [-0.25, -0.2) is 5.06 Å². The zero-order chi connectivity index (χ0) is 14.8. The molecule has 1 rings (SSSR count). The van der Waals surface area contributed by atoms with Gasteiger partial charge in [-0.2, -0.15) is 0 Å². The van der Waals surface area contributed by atoms with E-state index in [4.69, 9.17) is 4.84 Å². The van der Waals surface area contributed by atoms with Gasteiger partial charge in [0, 0.05) is 25.7 Å². The van der Waals surface area contributed by atoms with Crippen LogP contribution in [0.15, 0.2) is 0 Å². The van der Waals surface area contributed by atoms with Crippen molar-refractivity contribution in [1.29, 1.82) is 0 Å². The summed E-state index contributed by atoms with van der Waals surface area (Å²) in [6, 6.07) is 0. The van der Waals surface area contributed by atoms with Crippen LogP contribution in [0.2, 0.25) is 0 Å². The third-order valence-corrected chi connectivity index (χ3v) is 3.94. The monoisotopic (exact) mass is 272 g/mol. The third-order valence-electron chi connectivity index (χ3n) is 3.94. The van der Waals surface area contributed by atoms with Crippen molar-refractivity contribution in [1.82, 2.24) is 9.96 Å². The lowest BCUT2D eigenvalue weighted by molar-refractivity contribution is -0.190. The van der Waals surface area contributed by atoms with Gasteiger partial charge >= 0.3 is 5.97 Å². The first-order chi connectivity index (χ1) is 8.65. The minimum atomic E-state index is -1.35. The highest BCUT2D eigenvalue weighted by molar-refractivity contribution is 6.01. The van der Waals surface area contributed by atoms with Crippen LogP contribution < -0.4 is 0 Å². The van der Waals surface area contributed by atoms with Gasteiger partial charge in [-0.05, 0) is 33.6 Å². The highest BCUT2D eigenvalue weighted by Crippen LogP contribution is 2.36. The van der Waals surface area contributed by atoms with Gasteiger partial charge in [-0.3, -0.25) is 19.3 Å². The number of hydroxylamine groups is 2. The van der Waals surface area contributed by atoms with Crippen LogP contribution in [0.25, 0.3) is 0 Å². The number of carbonyl (C=O) groups is 2. The number of aliphatic carboxylic acids is 1. The molecule has 0 bridgehead atoms. The Bertz CT molecular complexity index is 354. The lowest BCUT2D eigenvalue weighted by atomic mass is 9.76. The summed E-state index contributed by atoms with van der Waals surface area (Å²) in [5, 5.41) is 10.5. The van der Waals surface area contributed by atoms with Crippen molar-refractivity contribution >= 4 is 11.9 Å². The first-order valence-corrected chi connectivity index (χ1v) is 6.46. The van der Waals surface area contributed by atoms with Crippen molar-refractivity contribution in [2.75, 3.05) is 27.2 Å². The van der Waals surface area contributed by atoms with E-state index >= 15 is 0 Å². The van der Waals surface area contributed by atoms with Crippen LogP contribution in [0.4, 0.5) is 0 Å². The molecule has 1 amide bonds. The van der Waals surface area contributed by atoms with E-state index in [9.17, 15) is 14.7 Å². The molecular formula is C13H24N2O4. The summed E-state index contributed by atoms with van der Waals surface area (Å²) >= 11 is 0. The number of hydrogen-bond donors (Lipinski definition) is 1. The summed E-state index contributed by atoms with van der Waals surface area (Å²) in [6.45, 7) is 7.45. The smallest absolute Gasteiger partial charge is 0.319 e. The minimum Gasteiger partial charge on any atom is -0.480 e. The number of carbonyl (C=O) groups excluding carboxylic acids is 1. The average molecular weight is 272 g/mol. The van der Waals surface area contributed by atoms with E-state index in [2.05, 4.69) is 25.7 Å². The van der Waals surface area contributed by atoms with Gasteiger partial charge in [0.2, 0.25) is 0 Å². The zero-order valence-electron chi connectivity index (χ0n) is 12.4. The minimum absolute atomic E-state index is 0.0130. The van der Waals surface area contributed by atoms with Gasteiger partial charge in [-0.1, -0.05) is 0 Å². The van der Waals surface area contributed by atoms with E-state index in [0.29, 0.717) is 25.9 Å². The molecule has 110 valence electrons. The molecule has 1 heterocycles. The number of piperidine rings is 1. The highest BCUT2D eigenvalue weighted by atomic mass is 16.7. The molecule has 6 nitrogen and oxygen atoms in total. The maximum Gasteiger partial charge on any atom is 0.319 e. The van der Waals surface area contributed by atoms with E-state index in [-0.39, 0.29) is 5.54 Å². The predicted molar refractivity (Wildman–Crippen MR) is 70.4 cm³/mol. The normalized spacial score (nSPS) is 20.1. The molecule has 1 saturated heterocycles. The van der Waals surface area contributed by atoms with Gasteiger partial charge in [0.05, 0.1) is 7.11 Å². The summed E-state index contributed by atoms with van der Waals surface area (Å²) < 4.78 is 0. The second-order valence-electron chi connectivity index (χ2n) is 6.03. The van der Waals surface area contributed by atoms with Gasteiger partial charge in [0.15, 0.2) is 5.41 Å². The number of rotatable bonds is 3. The van der Waals surface area contributed by atoms with Crippen molar-refractivity contribution in [2.24, 2.45) is 5.41 Å². The molecule has 0 aromatic rings. The van der Waals surface area contributed by atoms with Crippen LogP contribution in [-0.4, -0.2) is 59.7 Å². The Balaban J connectivity index is 2.89. The molecule has 0 radical (unpaired) electrons. The fourth-order valence-corrected chi connectivity index (χ4v) is 2.46. The molecule has 0 aromatic heterocycles. The fraction of sp³-hybridized carbons (Fsp3) is 0.846. The molecule has 1 aliphatic heterocycles. The maximum atomic E-state index is 12.3. The lowest BCUT2D eigenvalue weighted by Crippen LogP contribution is -2.56. The second kappa shape index (κ2) is 5.46. The van der Waals surface area contributed by atoms with Gasteiger partial charge in [0.1, 0.15) is 0 Å². The first-order valence-electron chi connectivity index (χ1n) is 6.46. The van der Waals surface area contributed by atoms with Crippen LogP contribution >= 0.6 is 0 Å². The van der Waals surface area contributed by atoms with Crippen molar-refractivity contribution in [3.05, 3.63) is 0 Å². The number of carboxylic acids is 1. The van der Waals surface area contributed by atoms with Crippen molar-refractivity contribution in [2.45, 2.75) is 39.2 Å². The summed E-state index contributed by atoms with van der Waals surface area (Å²) in [4.78, 5) is 30.9. The number of amides is 1. The summed E-state index contributed by atoms with van der Waals surface area (Å²) in [5.41, 5.74) is -1.37. The van der Waals surface area contributed by atoms with Crippen LogP contribution in [0.5, 0.6) is 0 Å². The summed E-state index contributed by atoms with van der Waals surface area (Å²) in [7, 11) is 2.81. The molecule has 0 unspecified atom stereocenters. The van der Waals surface area contributed by atoms with Crippen LogP contribution in [0.1, 0.15) is 33.6 Å². The predicted octanol–water partition coefficient (Wildman–Crippen LogP) is 0.971. The lowest BCUT2D eigenvalue weighted by Gasteiger charge is -2.44. The molecule has 1 aliphatic rings. The molecule has 0 atom stereocenters. The Morgan fingerprint density at radius 3 is 2.05 bits per heavy atom.